The van der Waals surface area contributed by atoms with Gasteiger partial charge in [-0.1, -0.05) is 11.6 Å². The van der Waals surface area contributed by atoms with Gasteiger partial charge >= 0.3 is 0 Å². The number of hydrogen-bond acceptors (Lipinski definition) is 4. The molecule has 7 heteroatoms. The van der Waals surface area contributed by atoms with E-state index in [1.165, 1.54) is 6.20 Å². The van der Waals surface area contributed by atoms with Crippen molar-refractivity contribution in [3.63, 3.8) is 0 Å². The molecule has 18 heavy (non-hydrogen) atoms. The first-order valence-corrected chi connectivity index (χ1v) is 6.26. The number of H-pyrrole nitrogens is 1. The van der Waals surface area contributed by atoms with E-state index in [-0.39, 0.29) is 10.9 Å². The Labute approximate surface area is 109 Å². The summed E-state index contributed by atoms with van der Waals surface area (Å²) >= 11 is 5.83. The summed E-state index contributed by atoms with van der Waals surface area (Å²) in [6, 6.07) is -0.427. The van der Waals surface area contributed by atoms with Crippen molar-refractivity contribution in [2.45, 2.75) is 25.8 Å². The highest BCUT2D eigenvalue weighted by molar-refractivity contribution is 6.33. The summed E-state index contributed by atoms with van der Waals surface area (Å²) in [5, 5.41) is 8.81. The monoisotopic (exact) mass is 270 g/mol. The Balaban J connectivity index is 2.06. The van der Waals surface area contributed by atoms with E-state index >= 15 is 0 Å². The van der Waals surface area contributed by atoms with E-state index in [4.69, 9.17) is 11.6 Å². The van der Waals surface area contributed by atoms with E-state index in [9.17, 15) is 9.59 Å². The van der Waals surface area contributed by atoms with Crippen molar-refractivity contribution in [1.29, 1.82) is 0 Å². The van der Waals surface area contributed by atoms with Crippen LogP contribution in [0.4, 0.5) is 5.69 Å². The van der Waals surface area contributed by atoms with Crippen LogP contribution in [0.5, 0.6) is 0 Å². The number of nitrogens with zero attached hydrogens (tertiary/aromatic N) is 2. The predicted molar refractivity (Wildman–Crippen MR) is 68.8 cm³/mol. The zero-order chi connectivity index (χ0) is 13.1. The van der Waals surface area contributed by atoms with E-state index in [1.54, 1.807) is 6.92 Å². The number of halogens is 1. The predicted octanol–water partition coefficient (Wildman–Crippen LogP) is 0.846. The number of carbonyl (C=O) groups is 1. The molecule has 2 rings (SSSR count). The van der Waals surface area contributed by atoms with Gasteiger partial charge in [0.05, 0.1) is 11.9 Å². The van der Waals surface area contributed by atoms with Gasteiger partial charge in [0.2, 0.25) is 5.91 Å². The lowest BCUT2D eigenvalue weighted by Gasteiger charge is -2.21. The maximum atomic E-state index is 12.1. The van der Waals surface area contributed by atoms with Gasteiger partial charge in [-0.05, 0) is 19.8 Å². The lowest BCUT2D eigenvalue weighted by Crippen LogP contribution is -2.39. The van der Waals surface area contributed by atoms with Crippen molar-refractivity contribution in [1.82, 2.24) is 15.1 Å². The highest BCUT2D eigenvalue weighted by Crippen LogP contribution is 2.17. The minimum Gasteiger partial charge on any atom is -0.371 e. The standard InChI is InChI=1S/C11H15ClN4O2/c1-7(11(18)16-4-2-3-5-16)14-8-6-13-15-10(17)9(8)12/h6-7H,2-5H2,1H3,(H2,14,15,17). The van der Waals surface area contributed by atoms with Crippen molar-refractivity contribution in [2.75, 3.05) is 18.4 Å². The Morgan fingerprint density at radius 1 is 1.56 bits per heavy atom. The molecule has 0 aliphatic carbocycles. The van der Waals surface area contributed by atoms with Crippen LogP contribution < -0.4 is 10.9 Å². The number of aromatic amines is 1. The third-order valence-electron chi connectivity index (χ3n) is 2.96. The zero-order valence-electron chi connectivity index (χ0n) is 10.1. The molecule has 1 saturated heterocycles. The van der Waals surface area contributed by atoms with Crippen molar-refractivity contribution in [2.24, 2.45) is 0 Å². The molecule has 2 N–H and O–H groups in total. The molecule has 1 fully saturated rings. The fraction of sp³-hybridized carbons (Fsp3) is 0.545. The van der Waals surface area contributed by atoms with Gasteiger partial charge < -0.3 is 10.2 Å². The van der Waals surface area contributed by atoms with Crippen LogP contribution in [0.2, 0.25) is 5.02 Å². The molecule has 0 bridgehead atoms. The van der Waals surface area contributed by atoms with Crippen LogP contribution in [0.3, 0.4) is 0 Å². The molecule has 98 valence electrons. The Bertz CT molecular complexity index is 496. The Hall–Kier alpha value is -1.56. The summed E-state index contributed by atoms with van der Waals surface area (Å²) in [6.07, 6.45) is 3.50. The number of amides is 1. The highest BCUT2D eigenvalue weighted by atomic mass is 35.5. The molecule has 1 amide bonds. The SMILES string of the molecule is CC(Nc1cn[nH]c(=O)c1Cl)C(=O)N1CCCC1. The van der Waals surface area contributed by atoms with Gasteiger partial charge in [-0.2, -0.15) is 5.10 Å². The fourth-order valence-electron chi connectivity index (χ4n) is 1.99. The average Bonchev–Trinajstić information content (AvgIpc) is 2.87. The topological polar surface area (TPSA) is 78.1 Å². The largest absolute Gasteiger partial charge is 0.371 e. The lowest BCUT2D eigenvalue weighted by molar-refractivity contribution is -0.130. The van der Waals surface area contributed by atoms with E-state index in [2.05, 4.69) is 15.5 Å². The number of hydrogen-bond donors (Lipinski definition) is 2. The van der Waals surface area contributed by atoms with Gasteiger partial charge in [-0.3, -0.25) is 9.59 Å². The minimum absolute atomic E-state index is 0.0175. The van der Waals surface area contributed by atoms with Crippen molar-refractivity contribution in [3.8, 4) is 0 Å². The van der Waals surface area contributed by atoms with Crippen LogP contribution in [0.25, 0.3) is 0 Å². The number of likely N-dealkylation sites (tertiary alicyclic amines) is 1. The Morgan fingerprint density at radius 3 is 2.89 bits per heavy atom. The normalized spacial score (nSPS) is 16.7. The number of aromatic nitrogens is 2. The van der Waals surface area contributed by atoms with Crippen LogP contribution >= 0.6 is 11.6 Å². The van der Waals surface area contributed by atoms with Crippen molar-refractivity contribution < 1.29 is 4.79 Å². The highest BCUT2D eigenvalue weighted by Gasteiger charge is 2.23. The quantitative estimate of drug-likeness (QED) is 0.853. The molecule has 2 heterocycles. The molecular formula is C11H15ClN4O2. The number of anilines is 1. The van der Waals surface area contributed by atoms with Crippen LogP contribution in [0, 0.1) is 0 Å². The second kappa shape index (κ2) is 5.39. The van der Waals surface area contributed by atoms with E-state index in [1.807, 2.05) is 4.90 Å². The zero-order valence-corrected chi connectivity index (χ0v) is 10.8. The molecule has 0 aromatic carbocycles. The summed E-state index contributed by atoms with van der Waals surface area (Å²) in [6.45, 7) is 3.34. The molecule has 0 saturated carbocycles. The van der Waals surface area contributed by atoms with E-state index in [0.717, 1.165) is 25.9 Å². The van der Waals surface area contributed by atoms with Crippen molar-refractivity contribution in [3.05, 3.63) is 21.6 Å². The first-order chi connectivity index (χ1) is 8.59. The smallest absolute Gasteiger partial charge is 0.285 e. The fourth-order valence-corrected chi connectivity index (χ4v) is 2.14. The third-order valence-corrected chi connectivity index (χ3v) is 3.33. The lowest BCUT2D eigenvalue weighted by atomic mass is 10.2. The molecule has 1 atom stereocenters. The van der Waals surface area contributed by atoms with Gasteiger partial charge in [0, 0.05) is 13.1 Å². The Kier molecular flexibility index (Phi) is 3.86. The average molecular weight is 271 g/mol. The molecule has 1 aromatic heterocycles. The summed E-state index contributed by atoms with van der Waals surface area (Å²) in [5.41, 5.74) is -0.0945. The second-order valence-electron chi connectivity index (χ2n) is 4.33. The molecule has 1 aromatic rings. The molecule has 1 aliphatic heterocycles. The molecule has 0 radical (unpaired) electrons. The number of nitrogens with one attached hydrogen (secondary N) is 2. The first kappa shape index (κ1) is 12.9. The minimum atomic E-state index is -0.470. The van der Waals surface area contributed by atoms with Gasteiger partial charge in [0.25, 0.3) is 5.56 Å². The molecule has 1 unspecified atom stereocenters. The van der Waals surface area contributed by atoms with E-state index < -0.39 is 11.6 Å². The van der Waals surface area contributed by atoms with Gasteiger partial charge in [-0.25, -0.2) is 5.10 Å². The third kappa shape index (κ3) is 2.64. The van der Waals surface area contributed by atoms with Crippen LogP contribution in [-0.4, -0.2) is 40.1 Å². The van der Waals surface area contributed by atoms with Crippen LogP contribution in [0.15, 0.2) is 11.0 Å². The van der Waals surface area contributed by atoms with Gasteiger partial charge in [-0.15, -0.1) is 0 Å². The molecular weight excluding hydrogens is 256 g/mol. The second-order valence-corrected chi connectivity index (χ2v) is 4.70. The number of carbonyl (C=O) groups excluding carboxylic acids is 1. The maximum absolute atomic E-state index is 12.1. The Morgan fingerprint density at radius 2 is 2.22 bits per heavy atom. The van der Waals surface area contributed by atoms with Gasteiger partial charge in [0.1, 0.15) is 11.1 Å². The van der Waals surface area contributed by atoms with Crippen LogP contribution in [0.1, 0.15) is 19.8 Å². The number of rotatable bonds is 3. The van der Waals surface area contributed by atoms with E-state index in [0.29, 0.717) is 5.69 Å². The summed E-state index contributed by atoms with van der Waals surface area (Å²) < 4.78 is 0. The summed E-state index contributed by atoms with van der Waals surface area (Å²) in [4.78, 5) is 25.1. The molecule has 6 nitrogen and oxygen atoms in total. The van der Waals surface area contributed by atoms with Crippen molar-refractivity contribution >= 4 is 23.2 Å². The molecule has 1 aliphatic rings. The summed E-state index contributed by atoms with van der Waals surface area (Å²) in [5.74, 6) is 0.0175. The first-order valence-electron chi connectivity index (χ1n) is 5.88. The summed E-state index contributed by atoms with van der Waals surface area (Å²) in [7, 11) is 0. The maximum Gasteiger partial charge on any atom is 0.285 e. The van der Waals surface area contributed by atoms with Crippen LogP contribution in [-0.2, 0) is 4.79 Å². The van der Waals surface area contributed by atoms with Gasteiger partial charge in [0.15, 0.2) is 0 Å². The molecule has 0 spiro atoms.